The molecule has 0 radical (unpaired) electrons. The first kappa shape index (κ1) is 15.8. The van der Waals surface area contributed by atoms with Gasteiger partial charge in [-0.2, -0.15) is 0 Å². The van der Waals surface area contributed by atoms with Gasteiger partial charge in [0.2, 0.25) is 5.91 Å². The average molecular weight is 294 g/mol. The first-order chi connectivity index (χ1) is 10.1. The average Bonchev–Trinajstić information content (AvgIpc) is 2.46. The predicted molar refractivity (Wildman–Crippen MR) is 79.8 cm³/mol. The van der Waals surface area contributed by atoms with Crippen molar-refractivity contribution in [1.29, 1.82) is 0 Å². The van der Waals surface area contributed by atoms with E-state index >= 15 is 0 Å². The molecule has 1 aliphatic heterocycles. The molecule has 1 amide bonds. The molecule has 2 rings (SSSR count). The second kappa shape index (κ2) is 7.41. The Morgan fingerprint density at radius 3 is 3.05 bits per heavy atom. The molecule has 1 fully saturated rings. The molecule has 2 atom stereocenters. The van der Waals surface area contributed by atoms with Gasteiger partial charge in [0.15, 0.2) is 0 Å². The summed E-state index contributed by atoms with van der Waals surface area (Å²) in [6, 6.07) is 6.59. The number of carbonyl (C=O) groups is 1. The molecule has 1 heterocycles. The Morgan fingerprint density at radius 2 is 2.29 bits per heavy atom. The highest BCUT2D eigenvalue weighted by atomic mass is 19.1. The Bertz CT molecular complexity index is 481. The predicted octanol–water partition coefficient (Wildman–Crippen LogP) is 2.19. The summed E-state index contributed by atoms with van der Waals surface area (Å²) in [7, 11) is 0. The van der Waals surface area contributed by atoms with Crippen LogP contribution in [0.25, 0.3) is 0 Å². The van der Waals surface area contributed by atoms with E-state index in [9.17, 15) is 9.18 Å². The van der Waals surface area contributed by atoms with Gasteiger partial charge >= 0.3 is 0 Å². The van der Waals surface area contributed by atoms with E-state index in [1.807, 2.05) is 4.90 Å². The molecule has 5 heteroatoms. The number of ether oxygens (including phenoxy) is 1. The summed E-state index contributed by atoms with van der Waals surface area (Å²) in [6.07, 6.45) is 1.10. The van der Waals surface area contributed by atoms with Crippen LogP contribution < -0.4 is 10.1 Å². The van der Waals surface area contributed by atoms with E-state index in [-0.39, 0.29) is 17.8 Å². The second-order valence-electron chi connectivity index (χ2n) is 5.48. The van der Waals surface area contributed by atoms with Crippen LogP contribution >= 0.6 is 0 Å². The third kappa shape index (κ3) is 4.43. The number of amides is 1. The minimum absolute atomic E-state index is 0.165. The Labute approximate surface area is 125 Å². The lowest BCUT2D eigenvalue weighted by molar-refractivity contribution is -0.135. The van der Waals surface area contributed by atoms with Gasteiger partial charge in [0.05, 0.1) is 6.61 Å². The maximum absolute atomic E-state index is 13.0. The maximum Gasteiger partial charge on any atom is 0.223 e. The number of nitrogens with one attached hydrogen (secondary N) is 1. The second-order valence-corrected chi connectivity index (χ2v) is 5.48. The molecule has 1 aromatic rings. The molecule has 4 nitrogen and oxygen atoms in total. The number of piperazine rings is 1. The molecule has 1 aliphatic rings. The zero-order valence-electron chi connectivity index (χ0n) is 12.6. The molecular weight excluding hydrogens is 271 g/mol. The first-order valence-electron chi connectivity index (χ1n) is 7.49. The summed E-state index contributed by atoms with van der Waals surface area (Å²) in [5, 5.41) is 3.36. The lowest BCUT2D eigenvalue weighted by Gasteiger charge is -2.38. The van der Waals surface area contributed by atoms with Gasteiger partial charge in [-0.05, 0) is 32.4 Å². The van der Waals surface area contributed by atoms with Gasteiger partial charge in [-0.25, -0.2) is 4.39 Å². The van der Waals surface area contributed by atoms with Crippen molar-refractivity contribution in [2.75, 3.05) is 19.7 Å². The minimum atomic E-state index is -0.313. The molecule has 0 aromatic heterocycles. The van der Waals surface area contributed by atoms with Crippen molar-refractivity contribution < 1.29 is 13.9 Å². The quantitative estimate of drug-likeness (QED) is 0.847. The van der Waals surface area contributed by atoms with Crippen LogP contribution in [0.4, 0.5) is 4.39 Å². The molecule has 1 saturated heterocycles. The molecule has 2 unspecified atom stereocenters. The Morgan fingerprint density at radius 1 is 1.48 bits per heavy atom. The van der Waals surface area contributed by atoms with Crippen molar-refractivity contribution >= 4 is 5.91 Å². The first-order valence-corrected chi connectivity index (χ1v) is 7.49. The van der Waals surface area contributed by atoms with E-state index < -0.39 is 0 Å². The fourth-order valence-corrected chi connectivity index (χ4v) is 2.52. The highest BCUT2D eigenvalue weighted by Gasteiger charge is 2.27. The number of halogens is 1. The third-order valence-corrected chi connectivity index (χ3v) is 3.95. The van der Waals surface area contributed by atoms with E-state index in [0.717, 1.165) is 13.1 Å². The highest BCUT2D eigenvalue weighted by molar-refractivity contribution is 5.76. The van der Waals surface area contributed by atoms with E-state index in [1.54, 1.807) is 12.1 Å². The van der Waals surface area contributed by atoms with Crippen molar-refractivity contribution in [3.05, 3.63) is 30.1 Å². The highest BCUT2D eigenvalue weighted by Crippen LogP contribution is 2.14. The summed E-state index contributed by atoms with van der Waals surface area (Å²) < 4.78 is 18.4. The summed E-state index contributed by atoms with van der Waals surface area (Å²) in [6.45, 7) is 6.19. The van der Waals surface area contributed by atoms with Gasteiger partial charge in [0.25, 0.3) is 0 Å². The van der Waals surface area contributed by atoms with E-state index in [2.05, 4.69) is 19.2 Å². The van der Waals surface area contributed by atoms with Crippen molar-refractivity contribution in [2.24, 2.45) is 0 Å². The van der Waals surface area contributed by atoms with Crippen molar-refractivity contribution in [2.45, 2.75) is 38.8 Å². The van der Waals surface area contributed by atoms with E-state index in [0.29, 0.717) is 31.2 Å². The molecule has 1 N–H and O–H groups in total. The topological polar surface area (TPSA) is 41.6 Å². The largest absolute Gasteiger partial charge is 0.493 e. The van der Waals surface area contributed by atoms with Crippen molar-refractivity contribution in [3.63, 3.8) is 0 Å². The normalized spacial score (nSPS) is 22.1. The molecule has 0 saturated carbocycles. The summed E-state index contributed by atoms with van der Waals surface area (Å²) in [5.41, 5.74) is 0. The number of rotatable bonds is 5. The lowest BCUT2D eigenvalue weighted by Crippen LogP contribution is -2.57. The number of carbonyl (C=O) groups excluding carboxylic acids is 1. The summed E-state index contributed by atoms with van der Waals surface area (Å²) in [5.74, 6) is 0.359. The molecule has 1 aromatic carbocycles. The molecule has 21 heavy (non-hydrogen) atoms. The Balaban J connectivity index is 1.72. The fraction of sp³-hybridized carbons (Fsp3) is 0.562. The van der Waals surface area contributed by atoms with Crippen LogP contribution in [0, 0.1) is 5.82 Å². The number of benzene rings is 1. The Kier molecular flexibility index (Phi) is 5.56. The van der Waals surface area contributed by atoms with Gasteiger partial charge in [-0.15, -0.1) is 0 Å². The fourth-order valence-electron chi connectivity index (χ4n) is 2.52. The minimum Gasteiger partial charge on any atom is -0.493 e. The van der Waals surface area contributed by atoms with Crippen LogP contribution in [-0.2, 0) is 4.79 Å². The lowest BCUT2D eigenvalue weighted by atomic mass is 10.1. The molecule has 0 spiro atoms. The van der Waals surface area contributed by atoms with Gasteiger partial charge < -0.3 is 15.0 Å². The number of hydrogen-bond acceptors (Lipinski definition) is 3. The van der Waals surface area contributed by atoms with Gasteiger partial charge in [0, 0.05) is 37.7 Å². The van der Waals surface area contributed by atoms with Crippen LogP contribution in [0.3, 0.4) is 0 Å². The maximum atomic E-state index is 13.0. The van der Waals surface area contributed by atoms with Crippen LogP contribution in [0.1, 0.15) is 26.7 Å². The van der Waals surface area contributed by atoms with Crippen LogP contribution in [0.5, 0.6) is 5.75 Å². The SMILES string of the molecule is CC1NCCN(C(=O)CCCOc2cccc(F)c2)C1C. The van der Waals surface area contributed by atoms with Gasteiger partial charge in [0.1, 0.15) is 11.6 Å². The molecule has 0 bridgehead atoms. The number of hydrogen-bond donors (Lipinski definition) is 1. The van der Waals surface area contributed by atoms with Crippen molar-refractivity contribution in [3.8, 4) is 5.75 Å². The molecular formula is C16H23FN2O2. The van der Waals surface area contributed by atoms with E-state index in [1.165, 1.54) is 12.1 Å². The van der Waals surface area contributed by atoms with Gasteiger partial charge in [-0.3, -0.25) is 4.79 Å². The van der Waals surface area contributed by atoms with Crippen LogP contribution in [-0.4, -0.2) is 42.6 Å². The van der Waals surface area contributed by atoms with Crippen LogP contribution in [0.2, 0.25) is 0 Å². The zero-order valence-corrected chi connectivity index (χ0v) is 12.6. The smallest absolute Gasteiger partial charge is 0.223 e. The summed E-state index contributed by atoms with van der Waals surface area (Å²) >= 11 is 0. The summed E-state index contributed by atoms with van der Waals surface area (Å²) in [4.78, 5) is 14.1. The Hall–Kier alpha value is -1.62. The zero-order chi connectivity index (χ0) is 15.2. The van der Waals surface area contributed by atoms with E-state index in [4.69, 9.17) is 4.74 Å². The standard InChI is InChI=1S/C16H23FN2O2/c1-12-13(2)19(9-8-18-12)16(20)7-4-10-21-15-6-3-5-14(17)11-15/h3,5-6,11-13,18H,4,7-10H2,1-2H3. The monoisotopic (exact) mass is 294 g/mol. The van der Waals surface area contributed by atoms with Crippen LogP contribution in [0.15, 0.2) is 24.3 Å². The number of nitrogens with zero attached hydrogens (tertiary/aromatic N) is 1. The molecule has 0 aliphatic carbocycles. The molecule has 116 valence electrons. The van der Waals surface area contributed by atoms with Gasteiger partial charge in [-0.1, -0.05) is 6.07 Å². The van der Waals surface area contributed by atoms with Crippen molar-refractivity contribution in [1.82, 2.24) is 10.2 Å². The third-order valence-electron chi connectivity index (χ3n) is 3.95.